The molecule has 1 aliphatic rings. The van der Waals surface area contributed by atoms with Crippen LogP contribution in [0.5, 0.6) is 0 Å². The molecule has 1 fully saturated rings. The minimum atomic E-state index is -1.88. The summed E-state index contributed by atoms with van der Waals surface area (Å²) in [7, 11) is -1.88. The number of hydrogen-bond acceptors (Lipinski definition) is 4. The normalized spacial score (nSPS) is 20.2. The van der Waals surface area contributed by atoms with E-state index in [9.17, 15) is 9.59 Å². The van der Waals surface area contributed by atoms with Crippen LogP contribution >= 0.6 is 0 Å². The number of piperidine rings is 1. The average molecular weight is 330 g/mol. The van der Waals surface area contributed by atoms with E-state index in [-0.39, 0.29) is 23.5 Å². The third kappa shape index (κ3) is 5.09. The highest BCUT2D eigenvalue weighted by molar-refractivity contribution is 6.74. The minimum absolute atomic E-state index is 0.0758. The molecule has 0 radical (unpaired) electrons. The summed E-state index contributed by atoms with van der Waals surface area (Å²) in [5, 5.41) is 0.117. The molecule has 5 nitrogen and oxygen atoms in total. The van der Waals surface area contributed by atoms with Gasteiger partial charge in [-0.1, -0.05) is 34.1 Å². The second kappa shape index (κ2) is 7.59. The third-order valence-electron chi connectivity index (χ3n) is 4.59. The Kier molecular flexibility index (Phi) is 6.61. The van der Waals surface area contributed by atoms with Crippen LogP contribution in [0.15, 0.2) is 0 Å². The fourth-order valence-corrected chi connectivity index (χ4v) is 3.46. The van der Waals surface area contributed by atoms with E-state index in [4.69, 9.17) is 9.16 Å². The molecule has 0 spiro atoms. The Bertz CT molecular complexity index is 403. The number of rotatable bonds is 5. The zero-order valence-electron chi connectivity index (χ0n) is 14.9. The van der Waals surface area contributed by atoms with Crippen LogP contribution in [-0.2, 0) is 14.0 Å². The first-order chi connectivity index (χ1) is 10.1. The Morgan fingerprint density at radius 2 is 2.00 bits per heavy atom. The molecule has 0 saturated carbocycles. The van der Waals surface area contributed by atoms with Crippen LogP contribution in [0.4, 0.5) is 4.79 Å². The lowest BCUT2D eigenvalue weighted by Gasteiger charge is -2.41. The van der Waals surface area contributed by atoms with Crippen LogP contribution in [0.2, 0.25) is 18.1 Å². The maximum Gasteiger partial charge on any atom is 0.416 e. The lowest BCUT2D eigenvalue weighted by molar-refractivity contribution is -0.134. The van der Waals surface area contributed by atoms with Gasteiger partial charge in [-0.2, -0.15) is 0 Å². The molecule has 2 amide bonds. The van der Waals surface area contributed by atoms with Crippen LogP contribution in [0.25, 0.3) is 0 Å². The van der Waals surface area contributed by atoms with Crippen molar-refractivity contribution >= 4 is 20.3 Å². The van der Waals surface area contributed by atoms with Crippen molar-refractivity contribution in [2.45, 2.75) is 77.6 Å². The summed E-state index contributed by atoms with van der Waals surface area (Å²) < 4.78 is 11.4. The van der Waals surface area contributed by atoms with Gasteiger partial charge in [-0.15, -0.1) is 0 Å². The Labute approximate surface area is 135 Å². The van der Waals surface area contributed by atoms with Gasteiger partial charge in [0, 0.05) is 6.54 Å². The summed E-state index contributed by atoms with van der Waals surface area (Å²) in [6.07, 6.45) is 2.17. The van der Waals surface area contributed by atoms with E-state index in [1.54, 1.807) is 0 Å². The predicted octanol–water partition coefficient (Wildman–Crippen LogP) is 3.94. The van der Waals surface area contributed by atoms with Crippen molar-refractivity contribution in [2.75, 3.05) is 13.2 Å². The van der Waals surface area contributed by atoms with Crippen LogP contribution < -0.4 is 0 Å². The highest BCUT2D eigenvalue weighted by Gasteiger charge is 2.41. The van der Waals surface area contributed by atoms with Crippen LogP contribution in [0.3, 0.4) is 0 Å². The molecule has 0 aromatic rings. The maximum atomic E-state index is 12.2. The van der Waals surface area contributed by atoms with E-state index < -0.39 is 14.4 Å². The molecule has 1 atom stereocenters. The molecule has 22 heavy (non-hydrogen) atoms. The van der Waals surface area contributed by atoms with E-state index in [0.29, 0.717) is 19.6 Å². The number of nitrogens with zero attached hydrogens (tertiary/aromatic N) is 1. The molecule has 0 aromatic heterocycles. The van der Waals surface area contributed by atoms with Crippen LogP contribution in [0.1, 0.15) is 53.4 Å². The highest BCUT2D eigenvalue weighted by atomic mass is 28.4. The van der Waals surface area contributed by atoms with Crippen molar-refractivity contribution < 1.29 is 18.8 Å². The first-order valence-corrected chi connectivity index (χ1v) is 11.1. The molecular weight excluding hydrogens is 298 g/mol. The van der Waals surface area contributed by atoms with Gasteiger partial charge < -0.3 is 9.16 Å². The topological polar surface area (TPSA) is 55.8 Å². The van der Waals surface area contributed by atoms with Crippen molar-refractivity contribution in [1.82, 2.24) is 4.90 Å². The van der Waals surface area contributed by atoms with E-state index in [1.165, 1.54) is 4.90 Å². The second-order valence-corrected chi connectivity index (χ2v) is 12.3. The standard InChI is InChI=1S/C16H31NO4Si/c1-7-8-11-20-15(19)17-10-9-13(12-14(17)18)21-22(5,6)16(2,3)4/h13H,7-12H2,1-6H3/t13-/m0/s1. The smallest absolute Gasteiger partial charge is 0.416 e. The Hall–Kier alpha value is -0.883. The Balaban J connectivity index is 2.52. The molecule has 1 aliphatic heterocycles. The Morgan fingerprint density at radius 3 is 2.50 bits per heavy atom. The zero-order valence-corrected chi connectivity index (χ0v) is 15.9. The molecule has 0 bridgehead atoms. The van der Waals surface area contributed by atoms with Crippen LogP contribution in [0, 0.1) is 0 Å². The lowest BCUT2D eigenvalue weighted by Crippen LogP contribution is -2.50. The van der Waals surface area contributed by atoms with Crippen LogP contribution in [-0.4, -0.2) is 44.5 Å². The molecule has 0 unspecified atom stereocenters. The van der Waals surface area contributed by atoms with E-state index in [1.807, 2.05) is 6.92 Å². The van der Waals surface area contributed by atoms with Gasteiger partial charge >= 0.3 is 6.09 Å². The fraction of sp³-hybridized carbons (Fsp3) is 0.875. The quantitative estimate of drug-likeness (QED) is 0.566. The molecule has 0 N–H and O–H groups in total. The molecule has 0 aromatic carbocycles. The molecule has 1 heterocycles. The summed E-state index contributed by atoms with van der Waals surface area (Å²) in [6, 6.07) is 0. The number of hydrogen-bond donors (Lipinski definition) is 0. The number of carbonyl (C=O) groups excluding carboxylic acids is 2. The lowest BCUT2D eigenvalue weighted by atomic mass is 10.1. The van der Waals surface area contributed by atoms with Crippen molar-refractivity contribution in [1.29, 1.82) is 0 Å². The zero-order chi connectivity index (χ0) is 17.0. The molecule has 6 heteroatoms. The first-order valence-electron chi connectivity index (χ1n) is 8.23. The number of imide groups is 1. The van der Waals surface area contributed by atoms with Gasteiger partial charge in [0.15, 0.2) is 8.32 Å². The van der Waals surface area contributed by atoms with Crippen molar-refractivity contribution in [3.05, 3.63) is 0 Å². The average Bonchev–Trinajstić information content (AvgIpc) is 2.37. The SMILES string of the molecule is CCCCOC(=O)N1CC[C@H](O[Si](C)(C)C(C)(C)C)CC1=O. The van der Waals surface area contributed by atoms with Gasteiger partial charge in [-0.25, -0.2) is 9.69 Å². The minimum Gasteiger partial charge on any atom is -0.449 e. The third-order valence-corrected chi connectivity index (χ3v) is 9.12. The number of likely N-dealkylation sites (tertiary alicyclic amines) is 1. The van der Waals surface area contributed by atoms with Gasteiger partial charge in [0.1, 0.15) is 0 Å². The summed E-state index contributed by atoms with van der Waals surface area (Å²) in [5.41, 5.74) is 0. The van der Waals surface area contributed by atoms with E-state index in [0.717, 1.165) is 12.8 Å². The molecular formula is C16H31NO4Si. The highest BCUT2D eigenvalue weighted by Crippen LogP contribution is 2.38. The number of amides is 2. The fourth-order valence-electron chi connectivity index (χ4n) is 2.07. The van der Waals surface area contributed by atoms with Crippen molar-refractivity contribution in [2.24, 2.45) is 0 Å². The van der Waals surface area contributed by atoms with Gasteiger partial charge in [0.2, 0.25) is 5.91 Å². The predicted molar refractivity (Wildman–Crippen MR) is 89.3 cm³/mol. The number of ether oxygens (including phenoxy) is 1. The van der Waals surface area contributed by atoms with Gasteiger partial charge in [-0.3, -0.25) is 4.79 Å². The van der Waals surface area contributed by atoms with E-state index >= 15 is 0 Å². The van der Waals surface area contributed by atoms with Crippen molar-refractivity contribution in [3.8, 4) is 0 Å². The first kappa shape index (κ1) is 19.2. The largest absolute Gasteiger partial charge is 0.449 e. The number of carbonyl (C=O) groups is 2. The van der Waals surface area contributed by atoms with Crippen molar-refractivity contribution in [3.63, 3.8) is 0 Å². The van der Waals surface area contributed by atoms with Gasteiger partial charge in [0.05, 0.1) is 19.1 Å². The summed E-state index contributed by atoms with van der Waals surface area (Å²) in [4.78, 5) is 25.3. The number of unbranched alkanes of at least 4 members (excludes halogenated alkanes) is 1. The molecule has 0 aliphatic carbocycles. The van der Waals surface area contributed by atoms with Gasteiger partial charge in [-0.05, 0) is 31.0 Å². The molecule has 1 rings (SSSR count). The summed E-state index contributed by atoms with van der Waals surface area (Å²) in [6.45, 7) is 13.7. The maximum absolute atomic E-state index is 12.2. The second-order valence-electron chi connectivity index (χ2n) is 7.51. The van der Waals surface area contributed by atoms with Gasteiger partial charge in [0.25, 0.3) is 0 Å². The van der Waals surface area contributed by atoms with E-state index in [2.05, 4.69) is 33.9 Å². The monoisotopic (exact) mass is 329 g/mol. The summed E-state index contributed by atoms with van der Waals surface area (Å²) >= 11 is 0. The molecule has 128 valence electrons. The molecule has 1 saturated heterocycles. The summed E-state index contributed by atoms with van der Waals surface area (Å²) in [5.74, 6) is -0.184. The Morgan fingerprint density at radius 1 is 1.36 bits per heavy atom.